The quantitative estimate of drug-likeness (QED) is 0.306. The van der Waals surface area contributed by atoms with Crippen LogP contribution in [0.5, 0.6) is 0 Å². The lowest BCUT2D eigenvalue weighted by atomic mass is 10.1. The Morgan fingerprint density at radius 3 is 1.87 bits per heavy atom. The van der Waals surface area contributed by atoms with Crippen LogP contribution >= 0.6 is 0 Å². The summed E-state index contributed by atoms with van der Waals surface area (Å²) >= 11 is 0. The Kier molecular flexibility index (Phi) is 18.8. The number of hydrogen-bond acceptors (Lipinski definition) is 6. The van der Waals surface area contributed by atoms with E-state index in [1.54, 1.807) is 0 Å². The van der Waals surface area contributed by atoms with E-state index in [4.69, 9.17) is 24.1 Å². The van der Waals surface area contributed by atoms with Gasteiger partial charge in [-0.15, -0.1) is 0 Å². The number of carbonyl (C=O) groups is 1. The van der Waals surface area contributed by atoms with E-state index in [-0.39, 0.29) is 12.6 Å². The summed E-state index contributed by atoms with van der Waals surface area (Å²) in [7, 11) is 0. The second kappa shape index (κ2) is 19.4. The van der Waals surface area contributed by atoms with Crippen molar-refractivity contribution in [1.29, 1.82) is 0 Å². The van der Waals surface area contributed by atoms with Crippen LogP contribution in [0.15, 0.2) is 0 Å². The molecule has 0 atom stereocenters. The number of carbonyl (C=O) groups excluding carboxylic acids is 1. The summed E-state index contributed by atoms with van der Waals surface area (Å²) < 4.78 is 20.7. The maximum absolute atomic E-state index is 11.5. The Hall–Kier alpha value is -0.690. The molecule has 6 heteroatoms. The molecule has 0 aliphatic heterocycles. The summed E-state index contributed by atoms with van der Waals surface area (Å²) in [5, 5.41) is 8.50. The number of aliphatic hydroxyl groups is 1. The van der Waals surface area contributed by atoms with Gasteiger partial charge >= 0.3 is 5.97 Å². The highest BCUT2D eigenvalue weighted by Gasteiger charge is 2.02. The van der Waals surface area contributed by atoms with Crippen LogP contribution in [-0.4, -0.2) is 63.9 Å². The van der Waals surface area contributed by atoms with E-state index < -0.39 is 0 Å². The normalized spacial score (nSPS) is 10.9. The average molecular weight is 334 g/mol. The smallest absolute Gasteiger partial charge is 0.305 e. The van der Waals surface area contributed by atoms with Gasteiger partial charge in [-0.1, -0.05) is 39.0 Å². The van der Waals surface area contributed by atoms with Gasteiger partial charge in [-0.2, -0.15) is 0 Å². The van der Waals surface area contributed by atoms with Crippen LogP contribution in [-0.2, 0) is 23.7 Å². The molecule has 0 spiro atoms. The molecule has 0 rings (SSSR count). The molecule has 0 aromatic heterocycles. The molecular formula is C17H34O6. The van der Waals surface area contributed by atoms with Crippen LogP contribution in [0.2, 0.25) is 0 Å². The maximum atomic E-state index is 11.5. The van der Waals surface area contributed by atoms with E-state index in [1.807, 2.05) is 0 Å². The molecule has 23 heavy (non-hydrogen) atoms. The Bertz CT molecular complexity index is 247. The van der Waals surface area contributed by atoms with Gasteiger partial charge in [0.1, 0.15) is 6.61 Å². The molecular weight excluding hydrogens is 300 g/mol. The molecule has 0 aromatic rings. The van der Waals surface area contributed by atoms with E-state index in [0.717, 1.165) is 12.8 Å². The van der Waals surface area contributed by atoms with Crippen LogP contribution in [0.4, 0.5) is 0 Å². The fourth-order valence-corrected chi connectivity index (χ4v) is 1.94. The topological polar surface area (TPSA) is 74.2 Å². The number of ether oxygens (including phenoxy) is 4. The van der Waals surface area contributed by atoms with Crippen LogP contribution in [0.3, 0.4) is 0 Å². The zero-order chi connectivity index (χ0) is 17.0. The zero-order valence-corrected chi connectivity index (χ0v) is 14.6. The van der Waals surface area contributed by atoms with E-state index >= 15 is 0 Å². The van der Waals surface area contributed by atoms with Gasteiger partial charge in [0.2, 0.25) is 0 Å². The van der Waals surface area contributed by atoms with Crippen molar-refractivity contribution in [2.24, 2.45) is 0 Å². The summed E-state index contributed by atoms with van der Waals surface area (Å²) in [5.74, 6) is -0.138. The third-order valence-electron chi connectivity index (χ3n) is 3.20. The fourth-order valence-electron chi connectivity index (χ4n) is 1.94. The van der Waals surface area contributed by atoms with Gasteiger partial charge in [0.05, 0.1) is 46.2 Å². The van der Waals surface area contributed by atoms with Gasteiger partial charge < -0.3 is 24.1 Å². The molecule has 0 bridgehead atoms. The molecule has 0 amide bonds. The summed E-state index contributed by atoms with van der Waals surface area (Å²) in [5.41, 5.74) is 0. The maximum Gasteiger partial charge on any atom is 0.305 e. The standard InChI is InChI=1S/C17H34O6/c1-2-3-4-5-6-7-8-17(19)23-16-15-22-14-13-21-12-11-20-10-9-18/h18H,2-16H2,1H3. The second-order valence-electron chi connectivity index (χ2n) is 5.30. The van der Waals surface area contributed by atoms with Crippen molar-refractivity contribution >= 4 is 5.97 Å². The largest absolute Gasteiger partial charge is 0.463 e. The lowest BCUT2D eigenvalue weighted by Gasteiger charge is -2.07. The van der Waals surface area contributed by atoms with Crippen molar-refractivity contribution in [3.05, 3.63) is 0 Å². The highest BCUT2D eigenvalue weighted by molar-refractivity contribution is 5.69. The number of aliphatic hydroxyl groups excluding tert-OH is 1. The number of hydrogen-bond donors (Lipinski definition) is 1. The first-order valence-corrected chi connectivity index (χ1v) is 8.81. The molecule has 0 saturated carbocycles. The molecule has 0 unspecified atom stereocenters. The van der Waals surface area contributed by atoms with Gasteiger partial charge in [0, 0.05) is 6.42 Å². The van der Waals surface area contributed by atoms with Crippen LogP contribution in [0.1, 0.15) is 51.9 Å². The molecule has 0 radical (unpaired) electrons. The molecule has 0 heterocycles. The van der Waals surface area contributed by atoms with Gasteiger partial charge in [-0.05, 0) is 6.42 Å². The summed E-state index contributed by atoms with van der Waals surface area (Å²) in [6.07, 6.45) is 7.50. The molecule has 0 aromatic carbocycles. The fraction of sp³-hybridized carbons (Fsp3) is 0.941. The Morgan fingerprint density at radius 1 is 0.739 bits per heavy atom. The lowest BCUT2D eigenvalue weighted by molar-refractivity contribution is -0.145. The summed E-state index contributed by atoms with van der Waals surface area (Å²) in [6, 6.07) is 0. The molecule has 0 aliphatic rings. The van der Waals surface area contributed by atoms with Crippen molar-refractivity contribution in [2.45, 2.75) is 51.9 Å². The number of rotatable bonds is 18. The highest BCUT2D eigenvalue weighted by Crippen LogP contribution is 2.07. The summed E-state index contributed by atoms with van der Waals surface area (Å²) in [4.78, 5) is 11.5. The Balaban J connectivity index is 3.11. The highest BCUT2D eigenvalue weighted by atomic mass is 16.6. The predicted molar refractivity (Wildman–Crippen MR) is 88.5 cm³/mol. The second-order valence-corrected chi connectivity index (χ2v) is 5.30. The van der Waals surface area contributed by atoms with Crippen LogP contribution in [0, 0.1) is 0 Å². The predicted octanol–water partition coefficient (Wildman–Crippen LogP) is 2.32. The van der Waals surface area contributed by atoms with E-state index in [1.165, 1.54) is 25.7 Å². The van der Waals surface area contributed by atoms with Gasteiger partial charge in [0.25, 0.3) is 0 Å². The average Bonchev–Trinajstić information content (AvgIpc) is 2.56. The molecule has 0 saturated heterocycles. The van der Waals surface area contributed by atoms with Crippen molar-refractivity contribution in [1.82, 2.24) is 0 Å². The van der Waals surface area contributed by atoms with Crippen molar-refractivity contribution in [3.63, 3.8) is 0 Å². The minimum absolute atomic E-state index is 0.0285. The first kappa shape index (κ1) is 22.3. The van der Waals surface area contributed by atoms with E-state index in [0.29, 0.717) is 52.7 Å². The first-order valence-electron chi connectivity index (χ1n) is 8.81. The molecule has 6 nitrogen and oxygen atoms in total. The number of esters is 1. The van der Waals surface area contributed by atoms with Gasteiger partial charge in [0.15, 0.2) is 0 Å². The van der Waals surface area contributed by atoms with Crippen LogP contribution < -0.4 is 0 Å². The van der Waals surface area contributed by atoms with Gasteiger partial charge in [-0.25, -0.2) is 0 Å². The van der Waals surface area contributed by atoms with Crippen LogP contribution in [0.25, 0.3) is 0 Å². The van der Waals surface area contributed by atoms with Crippen molar-refractivity contribution in [3.8, 4) is 0 Å². The van der Waals surface area contributed by atoms with Crippen molar-refractivity contribution in [2.75, 3.05) is 52.9 Å². The van der Waals surface area contributed by atoms with Gasteiger partial charge in [-0.3, -0.25) is 4.79 Å². The van der Waals surface area contributed by atoms with E-state index in [2.05, 4.69) is 6.92 Å². The molecule has 0 fully saturated rings. The first-order chi connectivity index (χ1) is 11.3. The van der Waals surface area contributed by atoms with Crippen molar-refractivity contribution < 1.29 is 28.8 Å². The third kappa shape index (κ3) is 19.3. The lowest BCUT2D eigenvalue weighted by Crippen LogP contribution is -2.14. The Labute approximate surface area is 140 Å². The SMILES string of the molecule is CCCCCCCCC(=O)OCCOCCOCCOCCO. The monoisotopic (exact) mass is 334 g/mol. The molecule has 0 aliphatic carbocycles. The minimum atomic E-state index is -0.138. The molecule has 1 N–H and O–H groups in total. The minimum Gasteiger partial charge on any atom is -0.463 e. The van der Waals surface area contributed by atoms with E-state index in [9.17, 15) is 4.79 Å². The number of unbranched alkanes of at least 4 members (excludes halogenated alkanes) is 5. The third-order valence-corrected chi connectivity index (χ3v) is 3.20. The molecule has 138 valence electrons. The summed E-state index contributed by atoms with van der Waals surface area (Å²) in [6.45, 7) is 5.15. The Morgan fingerprint density at radius 2 is 1.26 bits per heavy atom. The zero-order valence-electron chi connectivity index (χ0n) is 14.6.